The van der Waals surface area contributed by atoms with Gasteiger partial charge in [0.05, 0.1) is 17.8 Å². The van der Waals surface area contributed by atoms with Crippen molar-refractivity contribution in [2.75, 3.05) is 6.54 Å². The van der Waals surface area contributed by atoms with Crippen molar-refractivity contribution < 1.29 is 4.79 Å². The van der Waals surface area contributed by atoms with Crippen LogP contribution in [0.3, 0.4) is 0 Å². The third-order valence-electron chi connectivity index (χ3n) is 5.65. The number of carbonyl (C=O) groups is 1. The molecule has 5 aromatic rings. The van der Waals surface area contributed by atoms with Crippen LogP contribution in [0.15, 0.2) is 110 Å². The molecule has 168 valence electrons. The zero-order chi connectivity index (χ0) is 23.2. The molecule has 0 fully saturated rings. The van der Waals surface area contributed by atoms with Crippen molar-refractivity contribution in [3.8, 4) is 16.9 Å². The topological polar surface area (TPSA) is 64.7 Å². The summed E-state index contributed by atoms with van der Waals surface area (Å²) in [7, 11) is 0. The molecular weight excluding hydrogens is 422 g/mol. The predicted molar refractivity (Wildman–Crippen MR) is 133 cm³/mol. The maximum atomic E-state index is 13.1. The van der Waals surface area contributed by atoms with E-state index < -0.39 is 0 Å². The van der Waals surface area contributed by atoms with E-state index in [1.807, 2.05) is 88.5 Å². The van der Waals surface area contributed by atoms with Gasteiger partial charge >= 0.3 is 0 Å². The highest BCUT2D eigenvalue weighted by Gasteiger charge is 2.18. The molecule has 6 heteroatoms. The molecule has 0 aliphatic heterocycles. The smallest absolute Gasteiger partial charge is 0.255 e. The first-order chi connectivity index (χ1) is 16.8. The van der Waals surface area contributed by atoms with Gasteiger partial charge in [-0.15, -0.1) is 0 Å². The Morgan fingerprint density at radius 1 is 0.824 bits per heavy atom. The second-order valence-corrected chi connectivity index (χ2v) is 8.06. The Morgan fingerprint density at radius 3 is 2.26 bits per heavy atom. The van der Waals surface area contributed by atoms with Crippen molar-refractivity contribution in [3.63, 3.8) is 0 Å². The van der Waals surface area contributed by atoms with Crippen LogP contribution in [0.1, 0.15) is 21.5 Å². The first kappa shape index (κ1) is 21.4. The fraction of sp³-hybridized carbons (Fsp3) is 0.107. The maximum Gasteiger partial charge on any atom is 0.255 e. The van der Waals surface area contributed by atoms with Gasteiger partial charge in [-0.1, -0.05) is 72.8 Å². The number of hydrogen-bond donors (Lipinski definition) is 1. The lowest BCUT2D eigenvalue weighted by Crippen LogP contribution is -2.25. The average Bonchev–Trinajstić information content (AvgIpc) is 3.56. The molecule has 2 aromatic heterocycles. The van der Waals surface area contributed by atoms with Crippen LogP contribution in [0.25, 0.3) is 16.9 Å². The van der Waals surface area contributed by atoms with Gasteiger partial charge in [0.25, 0.3) is 5.91 Å². The minimum absolute atomic E-state index is 0.119. The lowest BCUT2D eigenvalue weighted by Gasteiger charge is -2.07. The van der Waals surface area contributed by atoms with Gasteiger partial charge < -0.3 is 5.32 Å². The molecular formula is C28H25N5O. The Balaban J connectivity index is 1.28. The van der Waals surface area contributed by atoms with E-state index >= 15 is 0 Å². The number of nitrogens with zero attached hydrogens (tertiary/aromatic N) is 4. The van der Waals surface area contributed by atoms with E-state index in [0.29, 0.717) is 24.3 Å². The van der Waals surface area contributed by atoms with Gasteiger partial charge in [-0.3, -0.25) is 9.48 Å². The molecule has 0 bridgehead atoms. The normalized spacial score (nSPS) is 10.8. The van der Waals surface area contributed by atoms with Crippen LogP contribution in [-0.2, 0) is 13.0 Å². The third kappa shape index (κ3) is 4.96. The molecule has 0 spiro atoms. The van der Waals surface area contributed by atoms with Gasteiger partial charge in [0.1, 0.15) is 5.69 Å². The van der Waals surface area contributed by atoms with E-state index in [1.54, 1.807) is 6.20 Å². The summed E-state index contributed by atoms with van der Waals surface area (Å²) in [6, 6.07) is 30.0. The number of rotatable bonds is 8. The summed E-state index contributed by atoms with van der Waals surface area (Å²) >= 11 is 0. The molecule has 0 unspecified atom stereocenters. The van der Waals surface area contributed by atoms with E-state index in [4.69, 9.17) is 5.10 Å². The van der Waals surface area contributed by atoms with Crippen LogP contribution in [0, 0.1) is 0 Å². The van der Waals surface area contributed by atoms with E-state index in [1.165, 1.54) is 0 Å². The number of carbonyl (C=O) groups excluding carboxylic acids is 1. The van der Waals surface area contributed by atoms with E-state index in [0.717, 1.165) is 28.8 Å². The molecule has 2 heterocycles. The van der Waals surface area contributed by atoms with Crippen LogP contribution in [0.4, 0.5) is 0 Å². The first-order valence-electron chi connectivity index (χ1n) is 11.3. The van der Waals surface area contributed by atoms with Gasteiger partial charge in [-0.05, 0) is 35.7 Å². The quantitative estimate of drug-likeness (QED) is 0.373. The van der Waals surface area contributed by atoms with Gasteiger partial charge in [0.2, 0.25) is 0 Å². The average molecular weight is 448 g/mol. The summed E-state index contributed by atoms with van der Waals surface area (Å²) in [6.07, 6.45) is 6.25. The SMILES string of the molecule is O=C(NCCc1ccc(-n2cccn2)cc1)c1cn(Cc2ccccc2)nc1-c1ccccc1. The van der Waals surface area contributed by atoms with Crippen molar-refractivity contribution in [1.82, 2.24) is 24.9 Å². The summed E-state index contributed by atoms with van der Waals surface area (Å²) in [5, 5.41) is 12.1. The minimum Gasteiger partial charge on any atom is -0.352 e. The fourth-order valence-corrected chi connectivity index (χ4v) is 3.90. The highest BCUT2D eigenvalue weighted by molar-refractivity contribution is 5.99. The second kappa shape index (κ2) is 10.0. The highest BCUT2D eigenvalue weighted by Crippen LogP contribution is 2.22. The summed E-state index contributed by atoms with van der Waals surface area (Å²) in [4.78, 5) is 13.1. The molecule has 0 aliphatic rings. The van der Waals surface area contributed by atoms with Crippen LogP contribution >= 0.6 is 0 Å². The van der Waals surface area contributed by atoms with Gasteiger partial charge in [-0.2, -0.15) is 10.2 Å². The van der Waals surface area contributed by atoms with Crippen LogP contribution in [0.2, 0.25) is 0 Å². The molecule has 3 aromatic carbocycles. The molecule has 0 saturated heterocycles. The monoisotopic (exact) mass is 447 g/mol. The van der Waals surface area contributed by atoms with Crippen LogP contribution < -0.4 is 5.32 Å². The third-order valence-corrected chi connectivity index (χ3v) is 5.65. The Bertz CT molecular complexity index is 1340. The van der Waals surface area contributed by atoms with Gasteiger partial charge in [-0.25, -0.2) is 4.68 Å². The predicted octanol–water partition coefficient (Wildman–Crippen LogP) is 4.76. The van der Waals surface area contributed by atoms with Crippen molar-refractivity contribution in [2.45, 2.75) is 13.0 Å². The van der Waals surface area contributed by atoms with Crippen molar-refractivity contribution in [3.05, 3.63) is 126 Å². The number of benzene rings is 3. The van der Waals surface area contributed by atoms with E-state index in [2.05, 4.69) is 34.7 Å². The largest absolute Gasteiger partial charge is 0.352 e. The Labute approximate surface area is 198 Å². The summed E-state index contributed by atoms with van der Waals surface area (Å²) in [6.45, 7) is 1.15. The molecule has 5 rings (SSSR count). The summed E-state index contributed by atoms with van der Waals surface area (Å²) in [5.41, 5.74) is 5.49. The zero-order valence-electron chi connectivity index (χ0n) is 18.7. The minimum atomic E-state index is -0.119. The summed E-state index contributed by atoms with van der Waals surface area (Å²) in [5.74, 6) is -0.119. The molecule has 1 N–H and O–H groups in total. The second-order valence-electron chi connectivity index (χ2n) is 8.06. The highest BCUT2D eigenvalue weighted by atomic mass is 16.1. The lowest BCUT2D eigenvalue weighted by atomic mass is 10.1. The Morgan fingerprint density at radius 2 is 1.56 bits per heavy atom. The van der Waals surface area contributed by atoms with Crippen LogP contribution in [0.5, 0.6) is 0 Å². The Kier molecular flexibility index (Phi) is 6.29. The molecule has 0 aliphatic carbocycles. The molecule has 0 saturated carbocycles. The zero-order valence-corrected chi connectivity index (χ0v) is 18.7. The van der Waals surface area contributed by atoms with Crippen molar-refractivity contribution in [2.24, 2.45) is 0 Å². The van der Waals surface area contributed by atoms with Crippen LogP contribution in [-0.4, -0.2) is 32.0 Å². The molecule has 0 radical (unpaired) electrons. The lowest BCUT2D eigenvalue weighted by molar-refractivity contribution is 0.0954. The van der Waals surface area contributed by atoms with Gasteiger partial charge in [0.15, 0.2) is 0 Å². The number of hydrogen-bond acceptors (Lipinski definition) is 3. The number of amides is 1. The Hall–Kier alpha value is -4.45. The van der Waals surface area contributed by atoms with Gasteiger partial charge in [0, 0.05) is 30.7 Å². The summed E-state index contributed by atoms with van der Waals surface area (Å²) < 4.78 is 3.66. The van der Waals surface area contributed by atoms with E-state index in [9.17, 15) is 4.79 Å². The molecule has 1 amide bonds. The first-order valence-corrected chi connectivity index (χ1v) is 11.3. The molecule has 34 heavy (non-hydrogen) atoms. The van der Waals surface area contributed by atoms with Crippen molar-refractivity contribution in [1.29, 1.82) is 0 Å². The fourth-order valence-electron chi connectivity index (χ4n) is 3.90. The maximum absolute atomic E-state index is 13.1. The number of nitrogens with one attached hydrogen (secondary N) is 1. The van der Waals surface area contributed by atoms with E-state index in [-0.39, 0.29) is 5.91 Å². The number of aromatic nitrogens is 4. The molecule has 6 nitrogen and oxygen atoms in total. The standard InChI is InChI=1S/C28H25N5O/c34-28(29-18-16-22-12-14-25(15-13-22)33-19-7-17-30-33)26-21-32(20-23-8-3-1-4-9-23)31-27(26)24-10-5-2-6-11-24/h1-15,17,19,21H,16,18,20H2,(H,29,34). The van der Waals surface area contributed by atoms with Crippen molar-refractivity contribution >= 4 is 5.91 Å². The molecule has 0 atom stereocenters.